The molecule has 1 aliphatic heterocycles. The lowest BCUT2D eigenvalue weighted by atomic mass is 9.82. The minimum Gasteiger partial charge on any atom is -0.480 e. The van der Waals surface area contributed by atoms with Gasteiger partial charge in [-0.3, -0.25) is 4.79 Å². The molecule has 3 atom stereocenters. The van der Waals surface area contributed by atoms with Crippen molar-refractivity contribution in [2.24, 2.45) is 5.92 Å². The number of Topliss-reactive ketones (excluding diaryl/α,β-unsaturated/α-hetero) is 1. The van der Waals surface area contributed by atoms with Crippen LogP contribution in [0.25, 0.3) is 0 Å². The Morgan fingerprint density at radius 3 is 2.79 bits per heavy atom. The number of carbonyl (C=O) groups is 2. The fourth-order valence-electron chi connectivity index (χ4n) is 2.82. The number of ketones is 1. The molecular weight excluding hydrogens is 284 g/mol. The average Bonchev–Trinajstić information content (AvgIpc) is 2.67. The lowest BCUT2D eigenvalue weighted by molar-refractivity contribution is -0.146. The van der Waals surface area contributed by atoms with E-state index in [1.165, 1.54) is 11.8 Å². The van der Waals surface area contributed by atoms with Crippen molar-refractivity contribution in [3.63, 3.8) is 0 Å². The number of carboxylic acid groups (broad SMARTS) is 1. The Labute approximate surface area is 122 Å². The van der Waals surface area contributed by atoms with E-state index in [9.17, 15) is 9.59 Å². The average molecular weight is 302 g/mol. The van der Waals surface area contributed by atoms with Crippen molar-refractivity contribution in [2.45, 2.75) is 49.9 Å². The van der Waals surface area contributed by atoms with Gasteiger partial charge in [0.1, 0.15) is 6.61 Å². The molecule has 106 valence electrons. The number of thioether (sulfide) groups is 1. The minimum atomic E-state index is -0.934. The topological polar surface area (TPSA) is 63.6 Å². The van der Waals surface area contributed by atoms with E-state index in [0.29, 0.717) is 6.42 Å². The van der Waals surface area contributed by atoms with Crippen molar-refractivity contribution < 1.29 is 19.4 Å². The largest absolute Gasteiger partial charge is 0.480 e. The third kappa shape index (κ3) is 4.26. The van der Waals surface area contributed by atoms with Crippen LogP contribution in [0.15, 0.2) is 0 Å². The maximum atomic E-state index is 11.8. The van der Waals surface area contributed by atoms with Crippen LogP contribution >= 0.6 is 24.0 Å². The van der Waals surface area contributed by atoms with Gasteiger partial charge in [0.2, 0.25) is 0 Å². The summed E-state index contributed by atoms with van der Waals surface area (Å²) in [5, 5.41) is 8.66. The molecule has 0 spiro atoms. The molecule has 0 radical (unpaired) electrons. The second-order valence-corrected chi connectivity index (χ2v) is 7.19. The summed E-state index contributed by atoms with van der Waals surface area (Å²) < 4.78 is 6.26. The molecule has 2 aliphatic rings. The van der Waals surface area contributed by atoms with E-state index in [0.717, 1.165) is 36.3 Å². The van der Waals surface area contributed by atoms with Gasteiger partial charge >= 0.3 is 5.97 Å². The summed E-state index contributed by atoms with van der Waals surface area (Å²) in [7, 11) is 0. The van der Waals surface area contributed by atoms with Crippen LogP contribution in [-0.4, -0.2) is 39.0 Å². The number of hydrogen-bond acceptors (Lipinski definition) is 5. The molecular formula is C13H18O4S2. The molecule has 6 heteroatoms. The zero-order chi connectivity index (χ0) is 13.8. The van der Waals surface area contributed by atoms with Gasteiger partial charge in [-0.1, -0.05) is 25.1 Å². The van der Waals surface area contributed by atoms with Crippen molar-refractivity contribution in [1.29, 1.82) is 0 Å². The summed E-state index contributed by atoms with van der Waals surface area (Å²) in [5.74, 6) is -0.426. The predicted molar refractivity (Wildman–Crippen MR) is 77.6 cm³/mol. The Hall–Kier alpha value is -0.460. The SMILES string of the molecule is O=C(O)COC1CCCC[C@@H]1C[C@@H]1SC(=S)CC1=O. The normalized spacial score (nSPS) is 31.7. The highest BCUT2D eigenvalue weighted by Gasteiger charge is 2.35. The first-order valence-corrected chi connectivity index (χ1v) is 7.90. The molecule has 1 N–H and O–H groups in total. The van der Waals surface area contributed by atoms with E-state index < -0.39 is 5.97 Å². The molecule has 4 nitrogen and oxygen atoms in total. The summed E-state index contributed by atoms with van der Waals surface area (Å²) >= 11 is 6.59. The zero-order valence-electron chi connectivity index (χ0n) is 10.7. The number of carbonyl (C=O) groups excluding carboxylic acids is 1. The lowest BCUT2D eigenvalue weighted by Crippen LogP contribution is -2.32. The van der Waals surface area contributed by atoms with Crippen molar-refractivity contribution in [3.05, 3.63) is 0 Å². The number of carboxylic acids is 1. The number of aliphatic carboxylic acids is 1. The molecule has 0 bridgehead atoms. The van der Waals surface area contributed by atoms with Crippen LogP contribution in [-0.2, 0) is 14.3 Å². The van der Waals surface area contributed by atoms with E-state index in [1.807, 2.05) is 0 Å². The van der Waals surface area contributed by atoms with Gasteiger partial charge in [-0.05, 0) is 25.2 Å². The van der Waals surface area contributed by atoms with Crippen molar-refractivity contribution in [3.8, 4) is 0 Å². The van der Waals surface area contributed by atoms with Gasteiger partial charge in [0.05, 0.1) is 15.6 Å². The number of thiocarbonyl (C=S) groups is 1. The molecule has 0 amide bonds. The Kier molecular flexibility index (Phi) is 5.36. The first kappa shape index (κ1) is 14.9. The Morgan fingerprint density at radius 2 is 2.16 bits per heavy atom. The molecule has 0 aromatic carbocycles. The number of ether oxygens (including phenoxy) is 1. The summed E-state index contributed by atoms with van der Waals surface area (Å²) in [6, 6.07) is 0. The van der Waals surface area contributed by atoms with Gasteiger partial charge in [-0.25, -0.2) is 4.79 Å². The lowest BCUT2D eigenvalue weighted by Gasteiger charge is -2.32. The van der Waals surface area contributed by atoms with Gasteiger partial charge in [0.25, 0.3) is 0 Å². The van der Waals surface area contributed by atoms with Crippen LogP contribution in [0.1, 0.15) is 38.5 Å². The second-order valence-electron chi connectivity index (χ2n) is 5.15. The fraction of sp³-hybridized carbons (Fsp3) is 0.769. The highest BCUT2D eigenvalue weighted by atomic mass is 32.2. The first-order valence-electron chi connectivity index (χ1n) is 6.62. The summed E-state index contributed by atoms with van der Waals surface area (Å²) in [6.07, 6.45) is 5.28. The molecule has 1 saturated carbocycles. The molecule has 2 fully saturated rings. The minimum absolute atomic E-state index is 0.0209. The predicted octanol–water partition coefficient (Wildman–Crippen LogP) is 2.44. The highest BCUT2D eigenvalue weighted by molar-refractivity contribution is 8.24. The fourth-order valence-corrected chi connectivity index (χ4v) is 4.41. The zero-order valence-corrected chi connectivity index (χ0v) is 12.3. The van der Waals surface area contributed by atoms with Crippen molar-refractivity contribution in [2.75, 3.05) is 6.61 Å². The molecule has 1 unspecified atom stereocenters. The van der Waals surface area contributed by atoms with Crippen LogP contribution in [0.5, 0.6) is 0 Å². The van der Waals surface area contributed by atoms with Crippen molar-refractivity contribution in [1.82, 2.24) is 0 Å². The van der Waals surface area contributed by atoms with Crippen LogP contribution in [0, 0.1) is 5.92 Å². The van der Waals surface area contributed by atoms with E-state index in [-0.39, 0.29) is 29.7 Å². The molecule has 1 heterocycles. The Balaban J connectivity index is 1.90. The molecule has 2 rings (SSSR count). The number of hydrogen-bond donors (Lipinski definition) is 1. The van der Waals surface area contributed by atoms with Gasteiger partial charge in [-0.2, -0.15) is 0 Å². The van der Waals surface area contributed by atoms with Crippen LogP contribution in [0.4, 0.5) is 0 Å². The highest BCUT2D eigenvalue weighted by Crippen LogP contribution is 2.37. The van der Waals surface area contributed by atoms with Crippen LogP contribution in [0.3, 0.4) is 0 Å². The second kappa shape index (κ2) is 6.81. The third-order valence-corrected chi connectivity index (χ3v) is 5.31. The van der Waals surface area contributed by atoms with Crippen LogP contribution < -0.4 is 0 Å². The van der Waals surface area contributed by atoms with Gasteiger partial charge in [0.15, 0.2) is 5.78 Å². The van der Waals surface area contributed by atoms with Gasteiger partial charge in [0, 0.05) is 6.42 Å². The molecule has 0 aromatic rings. The van der Waals surface area contributed by atoms with Crippen molar-refractivity contribution >= 4 is 39.9 Å². The van der Waals surface area contributed by atoms with E-state index >= 15 is 0 Å². The smallest absolute Gasteiger partial charge is 0.329 e. The molecule has 0 aromatic heterocycles. The standard InChI is InChI=1S/C13H18O4S2/c14-9-6-13(18)19-11(9)5-8-3-1-2-4-10(8)17-7-12(15)16/h8,10-11H,1-7H2,(H,15,16)/t8-,10?,11+/m1/s1. The van der Waals surface area contributed by atoms with E-state index in [4.69, 9.17) is 22.1 Å². The van der Waals surface area contributed by atoms with E-state index in [1.54, 1.807) is 0 Å². The van der Waals surface area contributed by atoms with Crippen LogP contribution in [0.2, 0.25) is 0 Å². The summed E-state index contributed by atoms with van der Waals surface area (Å²) in [5.41, 5.74) is 0. The summed E-state index contributed by atoms with van der Waals surface area (Å²) in [4.78, 5) is 22.4. The quantitative estimate of drug-likeness (QED) is 0.787. The maximum absolute atomic E-state index is 11.8. The molecule has 1 aliphatic carbocycles. The van der Waals surface area contributed by atoms with Gasteiger partial charge < -0.3 is 9.84 Å². The Morgan fingerprint density at radius 1 is 1.42 bits per heavy atom. The third-order valence-electron chi connectivity index (χ3n) is 3.73. The maximum Gasteiger partial charge on any atom is 0.329 e. The summed E-state index contributed by atoms with van der Waals surface area (Å²) in [6.45, 7) is -0.245. The Bertz CT molecular complexity index is 383. The molecule has 1 saturated heterocycles. The number of rotatable bonds is 5. The van der Waals surface area contributed by atoms with Gasteiger partial charge in [-0.15, -0.1) is 11.8 Å². The van der Waals surface area contributed by atoms with E-state index in [2.05, 4.69) is 0 Å². The first-order chi connectivity index (χ1) is 9.06. The molecule has 19 heavy (non-hydrogen) atoms. The monoisotopic (exact) mass is 302 g/mol.